The Balaban J connectivity index is 0.000000291. The minimum atomic E-state index is -4.35. The Bertz CT molecular complexity index is 1730. The van der Waals surface area contributed by atoms with Crippen LogP contribution in [0.1, 0.15) is 27.9 Å². The van der Waals surface area contributed by atoms with Crippen molar-refractivity contribution in [2.24, 2.45) is 0 Å². The summed E-state index contributed by atoms with van der Waals surface area (Å²) in [5, 5.41) is 19.1. The second kappa shape index (κ2) is 19.3. The Morgan fingerprint density at radius 3 is 2.04 bits per heavy atom. The number of methoxy groups -OCH3 is 2. The van der Waals surface area contributed by atoms with Crippen molar-refractivity contribution < 1.29 is 37.7 Å². The lowest BCUT2D eigenvalue weighted by molar-refractivity contribution is -0.137. The smallest absolute Gasteiger partial charge is 0.416 e. The Labute approximate surface area is 313 Å². The summed E-state index contributed by atoms with van der Waals surface area (Å²) in [5.74, 6) is 0.257. The molecule has 6 rings (SSSR count). The van der Waals surface area contributed by atoms with Gasteiger partial charge >= 0.3 is 6.18 Å². The highest BCUT2D eigenvalue weighted by atomic mass is 35.5. The molecule has 2 N–H and O–H groups in total. The highest BCUT2D eigenvalue weighted by molar-refractivity contribution is 7.99. The molecule has 0 unspecified atom stereocenters. The lowest BCUT2D eigenvalue weighted by Crippen LogP contribution is -2.47. The van der Waals surface area contributed by atoms with Gasteiger partial charge in [0.1, 0.15) is 22.8 Å². The molecule has 4 aromatic carbocycles. The van der Waals surface area contributed by atoms with Gasteiger partial charge in [0.2, 0.25) is 5.78 Å². The van der Waals surface area contributed by atoms with Crippen LogP contribution >= 0.6 is 36.6 Å². The first-order valence-corrected chi connectivity index (χ1v) is 16.8. The third kappa shape index (κ3) is 10.5. The number of carbonyl (C=O) groups is 1. The third-order valence-electron chi connectivity index (χ3n) is 8.46. The van der Waals surface area contributed by atoms with Crippen LogP contribution < -0.4 is 14.4 Å². The van der Waals surface area contributed by atoms with Gasteiger partial charge in [-0.15, -0.1) is 24.8 Å². The third-order valence-corrected chi connectivity index (χ3v) is 9.59. The van der Waals surface area contributed by atoms with Crippen LogP contribution in [0.15, 0.2) is 94.7 Å². The summed E-state index contributed by atoms with van der Waals surface area (Å²) in [6.07, 6.45) is -3.48. The maximum Gasteiger partial charge on any atom is 0.416 e. The van der Waals surface area contributed by atoms with E-state index in [0.717, 1.165) is 54.6 Å². The molecule has 0 spiro atoms. The zero-order chi connectivity index (χ0) is 35.0. The number of carbonyl (C=O) groups excluding carboxylic acids is 1. The summed E-state index contributed by atoms with van der Waals surface area (Å²) >= 11 is 1.53. The van der Waals surface area contributed by atoms with E-state index < -0.39 is 11.7 Å². The van der Waals surface area contributed by atoms with Gasteiger partial charge in [0.15, 0.2) is 0 Å². The van der Waals surface area contributed by atoms with Crippen LogP contribution in [0.25, 0.3) is 0 Å². The number of aromatic hydroxyl groups is 1. The number of hydrogen-bond acceptors (Lipinski definition) is 9. The predicted octanol–water partition coefficient (Wildman–Crippen LogP) is 7.79. The monoisotopic (exact) mass is 767 g/mol. The number of rotatable bonds is 10. The SMILES string of the molecule is COc1cc(O)c(C(=O)c2ccccc2)c(OC)c1.Cl.Cl.OCCN1CCN(CCCN2c3ccccc3Sc3ccc(C(F)(F)F)cc32)CC1. The van der Waals surface area contributed by atoms with E-state index in [-0.39, 0.29) is 54.3 Å². The van der Waals surface area contributed by atoms with E-state index in [4.69, 9.17) is 14.6 Å². The maximum absolute atomic E-state index is 13.3. The highest BCUT2D eigenvalue weighted by Crippen LogP contribution is 2.49. The molecule has 0 aliphatic carbocycles. The number of ketones is 1. The minimum absolute atomic E-state index is 0. The number of phenols is 1. The molecular weight excluding hydrogens is 726 g/mol. The van der Waals surface area contributed by atoms with Crippen molar-refractivity contribution in [1.82, 2.24) is 9.80 Å². The van der Waals surface area contributed by atoms with Gasteiger partial charge in [-0.2, -0.15) is 13.2 Å². The Morgan fingerprint density at radius 1 is 0.784 bits per heavy atom. The molecule has 0 amide bonds. The average molecular weight is 769 g/mol. The molecule has 1 fully saturated rings. The van der Waals surface area contributed by atoms with E-state index in [0.29, 0.717) is 30.1 Å². The van der Waals surface area contributed by atoms with Crippen molar-refractivity contribution in [2.75, 3.05) is 71.5 Å². The van der Waals surface area contributed by atoms with Gasteiger partial charge in [0.25, 0.3) is 0 Å². The number of aliphatic hydroxyl groups excluding tert-OH is 1. The molecular formula is C37H42Cl2F3N3O5S. The number of para-hydroxylation sites is 1. The lowest BCUT2D eigenvalue weighted by atomic mass is 10.0. The number of ether oxygens (including phenoxy) is 2. The molecule has 0 bridgehead atoms. The summed E-state index contributed by atoms with van der Waals surface area (Å²) < 4.78 is 50.1. The van der Waals surface area contributed by atoms with Crippen molar-refractivity contribution in [1.29, 1.82) is 0 Å². The van der Waals surface area contributed by atoms with Crippen LogP contribution in [0.2, 0.25) is 0 Å². The van der Waals surface area contributed by atoms with Gasteiger partial charge in [0.05, 0.1) is 37.8 Å². The molecule has 1 saturated heterocycles. The Kier molecular flexibility index (Phi) is 15.8. The fraction of sp³-hybridized carbons (Fsp3) is 0.324. The number of halogens is 5. The van der Waals surface area contributed by atoms with E-state index in [2.05, 4.69) is 9.80 Å². The summed E-state index contributed by atoms with van der Waals surface area (Å²) in [5.41, 5.74) is 1.63. The topological polar surface area (TPSA) is 85.7 Å². The Morgan fingerprint density at radius 2 is 1.41 bits per heavy atom. The van der Waals surface area contributed by atoms with Crippen LogP contribution in [0.5, 0.6) is 17.2 Å². The molecule has 0 aromatic heterocycles. The zero-order valence-electron chi connectivity index (χ0n) is 28.3. The molecule has 2 heterocycles. The van der Waals surface area contributed by atoms with Gasteiger partial charge in [-0.1, -0.05) is 54.2 Å². The van der Waals surface area contributed by atoms with Gasteiger partial charge < -0.3 is 29.5 Å². The number of hydrogen-bond donors (Lipinski definition) is 2. The van der Waals surface area contributed by atoms with Crippen molar-refractivity contribution >= 4 is 53.7 Å². The summed E-state index contributed by atoms with van der Waals surface area (Å²) in [6, 6.07) is 23.6. The summed E-state index contributed by atoms with van der Waals surface area (Å²) in [6.45, 7) is 6.29. The van der Waals surface area contributed by atoms with Crippen LogP contribution in [0.4, 0.5) is 24.5 Å². The first-order chi connectivity index (χ1) is 23.6. The molecule has 51 heavy (non-hydrogen) atoms. The molecule has 0 radical (unpaired) electrons. The van der Waals surface area contributed by atoms with E-state index in [1.807, 2.05) is 35.2 Å². The number of aliphatic hydroxyl groups is 1. The number of nitrogens with zero attached hydrogens (tertiary/aromatic N) is 3. The predicted molar refractivity (Wildman–Crippen MR) is 199 cm³/mol. The number of anilines is 2. The first kappa shape index (κ1) is 41.8. The van der Waals surface area contributed by atoms with Crippen LogP contribution in [0.3, 0.4) is 0 Å². The molecule has 0 atom stereocenters. The molecule has 0 saturated carbocycles. The molecule has 2 aliphatic rings. The van der Waals surface area contributed by atoms with Crippen LogP contribution in [-0.4, -0.2) is 92.4 Å². The van der Waals surface area contributed by atoms with Crippen molar-refractivity contribution in [3.63, 3.8) is 0 Å². The second-order valence-corrected chi connectivity index (χ2v) is 12.7. The van der Waals surface area contributed by atoms with Crippen LogP contribution in [-0.2, 0) is 6.18 Å². The number of piperazine rings is 1. The van der Waals surface area contributed by atoms with E-state index in [1.165, 1.54) is 44.2 Å². The molecule has 14 heteroatoms. The van der Waals surface area contributed by atoms with E-state index in [9.17, 15) is 23.1 Å². The first-order valence-electron chi connectivity index (χ1n) is 16.0. The summed E-state index contributed by atoms with van der Waals surface area (Å²) in [4.78, 5) is 21.0. The zero-order valence-corrected chi connectivity index (χ0v) is 30.7. The fourth-order valence-electron chi connectivity index (χ4n) is 5.89. The lowest BCUT2D eigenvalue weighted by Gasteiger charge is -2.36. The molecule has 2 aliphatic heterocycles. The minimum Gasteiger partial charge on any atom is -0.507 e. The number of β-amino-alcohol motifs (C(OH)–C–C–N with tert-alkyl or cyclic N) is 1. The molecule has 276 valence electrons. The Hall–Kier alpha value is -3.65. The van der Waals surface area contributed by atoms with Crippen molar-refractivity contribution in [3.8, 4) is 17.2 Å². The average Bonchev–Trinajstić information content (AvgIpc) is 3.11. The van der Waals surface area contributed by atoms with Gasteiger partial charge in [0, 0.05) is 66.8 Å². The van der Waals surface area contributed by atoms with Gasteiger partial charge in [-0.05, 0) is 43.3 Å². The molecule has 8 nitrogen and oxygen atoms in total. The van der Waals surface area contributed by atoms with E-state index >= 15 is 0 Å². The summed E-state index contributed by atoms with van der Waals surface area (Å²) in [7, 11) is 2.92. The fourth-order valence-corrected chi connectivity index (χ4v) is 6.97. The van der Waals surface area contributed by atoms with Crippen molar-refractivity contribution in [3.05, 3.63) is 102 Å². The van der Waals surface area contributed by atoms with Crippen LogP contribution in [0, 0.1) is 0 Å². The number of benzene rings is 4. The number of phenolic OH excluding ortho intramolecular Hbond substituents is 1. The van der Waals surface area contributed by atoms with Crippen molar-refractivity contribution in [2.45, 2.75) is 22.4 Å². The second-order valence-electron chi connectivity index (χ2n) is 11.6. The largest absolute Gasteiger partial charge is 0.507 e. The quantitative estimate of drug-likeness (QED) is 0.157. The maximum atomic E-state index is 13.3. The molecule has 4 aromatic rings. The highest BCUT2D eigenvalue weighted by Gasteiger charge is 2.33. The standard InChI is InChI=1S/C22H26F3N3OS.C15H14O4.2ClH/c23-22(24,25)17-6-7-21-19(16-17)28(18-4-1-2-5-20(18)30-21)9-3-8-26-10-12-27(13-11-26)14-15-29;1-18-11-8-12(16)14(13(9-11)19-2)15(17)10-6-4-3-5-7-10;;/h1-2,4-7,16,29H,3,8-15H2;3-9,16H,1-2H3;2*1H. The van der Waals surface area contributed by atoms with Gasteiger partial charge in [-0.25, -0.2) is 0 Å². The van der Waals surface area contributed by atoms with Gasteiger partial charge in [-0.3, -0.25) is 9.69 Å². The number of fused-ring (bicyclic) bond motifs is 2. The number of alkyl halides is 3. The van der Waals surface area contributed by atoms with E-state index in [1.54, 1.807) is 36.4 Å². The normalized spacial score (nSPS) is 14.1.